The summed E-state index contributed by atoms with van der Waals surface area (Å²) in [5, 5.41) is 1.13. The van der Waals surface area contributed by atoms with Gasteiger partial charge in [-0.25, -0.2) is 4.98 Å². The normalized spacial score (nSPS) is 15.3. The predicted molar refractivity (Wildman–Crippen MR) is 99.7 cm³/mol. The minimum Gasteiger partial charge on any atom is -0.345 e. The lowest BCUT2D eigenvalue weighted by atomic mass is 10.2. The van der Waals surface area contributed by atoms with Gasteiger partial charge < -0.3 is 4.90 Å². The third-order valence-corrected chi connectivity index (χ3v) is 4.89. The molecular formula is C17H24BrN3S. The van der Waals surface area contributed by atoms with Crippen LogP contribution in [0.1, 0.15) is 25.8 Å². The van der Waals surface area contributed by atoms with Crippen LogP contribution >= 0.6 is 27.3 Å². The first-order valence-corrected chi connectivity index (χ1v) is 9.46. The molecule has 2 heterocycles. The second-order valence-electron chi connectivity index (χ2n) is 5.40. The number of aromatic nitrogens is 1. The molecule has 5 heteroatoms. The van der Waals surface area contributed by atoms with Crippen LogP contribution in [0.15, 0.2) is 40.3 Å². The van der Waals surface area contributed by atoms with Gasteiger partial charge in [0.2, 0.25) is 0 Å². The quantitative estimate of drug-likeness (QED) is 0.771. The van der Waals surface area contributed by atoms with Gasteiger partial charge in [-0.15, -0.1) is 0 Å². The number of thiazole rings is 1. The molecule has 1 aromatic heterocycles. The molecule has 22 heavy (non-hydrogen) atoms. The van der Waals surface area contributed by atoms with Crippen molar-refractivity contribution >= 4 is 32.4 Å². The highest BCUT2D eigenvalue weighted by Crippen LogP contribution is 2.27. The Morgan fingerprint density at radius 3 is 2.27 bits per heavy atom. The average Bonchev–Trinajstić information content (AvgIpc) is 2.96. The highest BCUT2D eigenvalue weighted by Gasteiger charge is 2.19. The van der Waals surface area contributed by atoms with Crippen molar-refractivity contribution in [1.29, 1.82) is 0 Å². The molecule has 0 unspecified atom stereocenters. The number of piperazine rings is 1. The molecule has 1 saturated heterocycles. The molecule has 0 amide bonds. The van der Waals surface area contributed by atoms with Gasteiger partial charge in [-0.3, -0.25) is 4.90 Å². The lowest BCUT2D eigenvalue weighted by Gasteiger charge is -2.34. The molecule has 0 atom stereocenters. The van der Waals surface area contributed by atoms with Gasteiger partial charge in [0, 0.05) is 32.7 Å². The largest absolute Gasteiger partial charge is 0.345 e. The molecule has 1 aromatic carbocycles. The van der Waals surface area contributed by atoms with Crippen LogP contribution in [0, 0.1) is 0 Å². The lowest BCUT2D eigenvalue weighted by molar-refractivity contribution is 0.250. The minimum absolute atomic E-state index is 1.05. The summed E-state index contributed by atoms with van der Waals surface area (Å²) in [5.74, 6) is 0. The summed E-state index contributed by atoms with van der Waals surface area (Å²) < 4.78 is 1.11. The van der Waals surface area contributed by atoms with Gasteiger partial charge in [0.05, 0.1) is 9.98 Å². The fraction of sp³-hybridized carbons (Fsp3) is 0.471. The van der Waals surface area contributed by atoms with Crippen molar-refractivity contribution in [3.05, 3.63) is 45.9 Å². The summed E-state index contributed by atoms with van der Waals surface area (Å²) in [5.41, 5.74) is 1.40. The molecule has 3 rings (SSSR count). The average molecular weight is 382 g/mol. The van der Waals surface area contributed by atoms with E-state index in [4.69, 9.17) is 0 Å². The van der Waals surface area contributed by atoms with Crippen molar-refractivity contribution in [2.75, 3.05) is 31.1 Å². The summed E-state index contributed by atoms with van der Waals surface area (Å²) in [6.07, 6.45) is 3.14. The fourth-order valence-corrected chi connectivity index (χ4v) is 3.56. The number of benzene rings is 1. The summed E-state index contributed by atoms with van der Waals surface area (Å²) in [6.45, 7) is 9.63. The van der Waals surface area contributed by atoms with Crippen LogP contribution in [-0.4, -0.2) is 36.1 Å². The molecule has 0 radical (unpaired) electrons. The van der Waals surface area contributed by atoms with Crippen LogP contribution in [0.3, 0.4) is 0 Å². The number of halogens is 1. The van der Waals surface area contributed by atoms with Gasteiger partial charge in [0.15, 0.2) is 5.13 Å². The standard InChI is InChI=1S/C14H16BrN3S.C3H8/c15-13-10-16-14(19-13)18-8-6-17(7-9-18)11-12-4-2-1-3-5-12;1-3-2/h1-5,10H,6-9,11H2;3H2,1-2H3. The molecule has 3 nitrogen and oxygen atoms in total. The highest BCUT2D eigenvalue weighted by molar-refractivity contribution is 9.11. The zero-order valence-electron chi connectivity index (χ0n) is 13.3. The SMILES string of the molecule is Brc1cnc(N2CCN(Cc3ccccc3)CC2)s1.CCC. The van der Waals surface area contributed by atoms with Crippen molar-refractivity contribution in [3.8, 4) is 0 Å². The molecule has 1 aliphatic heterocycles. The molecule has 0 spiro atoms. The fourth-order valence-electron chi connectivity index (χ4n) is 2.33. The maximum Gasteiger partial charge on any atom is 0.186 e. The third kappa shape index (κ3) is 5.38. The Labute approximate surface area is 146 Å². The lowest BCUT2D eigenvalue weighted by Crippen LogP contribution is -2.45. The van der Waals surface area contributed by atoms with E-state index in [9.17, 15) is 0 Å². The van der Waals surface area contributed by atoms with Crippen LogP contribution in [-0.2, 0) is 6.54 Å². The van der Waals surface area contributed by atoms with Crippen molar-refractivity contribution in [2.45, 2.75) is 26.8 Å². The molecule has 1 fully saturated rings. The van der Waals surface area contributed by atoms with E-state index in [0.29, 0.717) is 0 Å². The Bertz CT molecular complexity index is 536. The van der Waals surface area contributed by atoms with Crippen LogP contribution in [0.2, 0.25) is 0 Å². The van der Waals surface area contributed by atoms with E-state index in [1.54, 1.807) is 11.3 Å². The van der Waals surface area contributed by atoms with Gasteiger partial charge >= 0.3 is 0 Å². The van der Waals surface area contributed by atoms with Gasteiger partial charge in [-0.05, 0) is 21.5 Å². The van der Waals surface area contributed by atoms with E-state index in [0.717, 1.165) is 41.6 Å². The van der Waals surface area contributed by atoms with Crippen LogP contribution in [0.25, 0.3) is 0 Å². The summed E-state index contributed by atoms with van der Waals surface area (Å²) in [4.78, 5) is 9.31. The van der Waals surface area contributed by atoms with Crippen LogP contribution in [0.5, 0.6) is 0 Å². The second kappa shape index (κ2) is 9.28. The van der Waals surface area contributed by atoms with Gasteiger partial charge in [0.25, 0.3) is 0 Å². The predicted octanol–water partition coefficient (Wildman–Crippen LogP) is 4.64. The third-order valence-electron chi connectivity index (χ3n) is 3.36. The first-order chi connectivity index (χ1) is 10.7. The van der Waals surface area contributed by atoms with E-state index in [2.05, 4.69) is 74.9 Å². The van der Waals surface area contributed by atoms with E-state index < -0.39 is 0 Å². The van der Waals surface area contributed by atoms with Crippen molar-refractivity contribution in [3.63, 3.8) is 0 Å². The molecular weight excluding hydrogens is 358 g/mol. The maximum atomic E-state index is 4.43. The van der Waals surface area contributed by atoms with Crippen LogP contribution in [0.4, 0.5) is 5.13 Å². The van der Waals surface area contributed by atoms with Gasteiger partial charge in [0.1, 0.15) is 0 Å². The highest BCUT2D eigenvalue weighted by atomic mass is 79.9. The van der Waals surface area contributed by atoms with Crippen LogP contribution < -0.4 is 4.90 Å². The van der Waals surface area contributed by atoms with Crippen molar-refractivity contribution in [1.82, 2.24) is 9.88 Å². The molecule has 2 aromatic rings. The van der Waals surface area contributed by atoms with E-state index >= 15 is 0 Å². The molecule has 120 valence electrons. The molecule has 0 N–H and O–H groups in total. The zero-order chi connectivity index (χ0) is 15.8. The number of nitrogens with zero attached hydrogens (tertiary/aromatic N) is 3. The molecule has 0 aliphatic carbocycles. The smallest absolute Gasteiger partial charge is 0.186 e. The molecule has 0 bridgehead atoms. The Morgan fingerprint density at radius 2 is 1.73 bits per heavy atom. The first kappa shape index (κ1) is 17.4. The number of hydrogen-bond donors (Lipinski definition) is 0. The number of hydrogen-bond acceptors (Lipinski definition) is 4. The Morgan fingerprint density at radius 1 is 1.09 bits per heavy atom. The van der Waals surface area contributed by atoms with Gasteiger partial charge in [-0.1, -0.05) is 61.9 Å². The topological polar surface area (TPSA) is 19.4 Å². The van der Waals surface area contributed by atoms with Crippen molar-refractivity contribution in [2.24, 2.45) is 0 Å². The zero-order valence-corrected chi connectivity index (χ0v) is 15.7. The maximum absolute atomic E-state index is 4.43. The number of rotatable bonds is 3. The summed E-state index contributed by atoms with van der Waals surface area (Å²) in [6, 6.07) is 10.7. The van der Waals surface area contributed by atoms with E-state index in [1.165, 1.54) is 12.0 Å². The Hall–Kier alpha value is -0.910. The Kier molecular flexibility index (Phi) is 7.36. The minimum atomic E-state index is 1.05. The van der Waals surface area contributed by atoms with Crippen molar-refractivity contribution < 1.29 is 0 Å². The molecule has 0 saturated carbocycles. The monoisotopic (exact) mass is 381 g/mol. The van der Waals surface area contributed by atoms with E-state index in [1.807, 2.05) is 6.20 Å². The first-order valence-electron chi connectivity index (χ1n) is 7.85. The molecule has 1 aliphatic rings. The Balaban J connectivity index is 0.000000545. The summed E-state index contributed by atoms with van der Waals surface area (Å²) in [7, 11) is 0. The van der Waals surface area contributed by atoms with E-state index in [-0.39, 0.29) is 0 Å². The summed E-state index contributed by atoms with van der Waals surface area (Å²) >= 11 is 5.19. The second-order valence-corrected chi connectivity index (χ2v) is 7.79. The number of anilines is 1. The van der Waals surface area contributed by atoms with Gasteiger partial charge in [-0.2, -0.15) is 0 Å².